The number of fused-ring (bicyclic) bond motifs is 1. The van der Waals surface area contributed by atoms with Crippen LogP contribution in [0.15, 0.2) is 18.2 Å². The van der Waals surface area contributed by atoms with Gasteiger partial charge in [0.1, 0.15) is 0 Å². The van der Waals surface area contributed by atoms with Crippen LogP contribution >= 0.6 is 0 Å². The lowest BCUT2D eigenvalue weighted by Crippen LogP contribution is -2.39. The molecule has 1 aliphatic carbocycles. The molecule has 0 heterocycles. The van der Waals surface area contributed by atoms with Gasteiger partial charge in [-0.05, 0) is 28.5 Å². The number of hydrogen-bond acceptors (Lipinski definition) is 3. The molecule has 0 saturated heterocycles. The zero-order valence-electron chi connectivity index (χ0n) is 10.7. The molecule has 0 spiro atoms. The summed E-state index contributed by atoms with van der Waals surface area (Å²) in [5.74, 6) is 0. The van der Waals surface area contributed by atoms with Crippen LogP contribution in [0.2, 0.25) is 0 Å². The summed E-state index contributed by atoms with van der Waals surface area (Å²) in [6, 6.07) is 5.98. The molecule has 0 bridgehead atoms. The Labute approximate surface area is 103 Å². The Kier molecular flexibility index (Phi) is 3.25. The van der Waals surface area contributed by atoms with Gasteiger partial charge < -0.3 is 15.6 Å². The Balaban J connectivity index is 2.47. The predicted molar refractivity (Wildman–Crippen MR) is 67.7 cm³/mol. The van der Waals surface area contributed by atoms with E-state index in [0.717, 1.165) is 11.1 Å². The molecule has 2 rings (SSSR count). The standard InChI is InChI=1S/C14H21NO2/c1-14(2)7-12(16)13(15)10-6-9(8-17-3)4-5-11(10)14/h4-6,12-13,16H,7-8,15H2,1-3H3/t12-,13-/m0/s1. The maximum absolute atomic E-state index is 10.0. The average molecular weight is 235 g/mol. The minimum Gasteiger partial charge on any atom is -0.391 e. The van der Waals surface area contributed by atoms with Gasteiger partial charge in [0, 0.05) is 7.11 Å². The Bertz CT molecular complexity index is 415. The molecule has 3 nitrogen and oxygen atoms in total. The summed E-state index contributed by atoms with van der Waals surface area (Å²) in [7, 11) is 1.68. The van der Waals surface area contributed by atoms with Crippen molar-refractivity contribution in [3.63, 3.8) is 0 Å². The number of ether oxygens (including phenoxy) is 1. The van der Waals surface area contributed by atoms with Gasteiger partial charge in [0.2, 0.25) is 0 Å². The van der Waals surface area contributed by atoms with Gasteiger partial charge in [-0.15, -0.1) is 0 Å². The van der Waals surface area contributed by atoms with Gasteiger partial charge in [-0.25, -0.2) is 0 Å². The number of aliphatic hydroxyl groups excluding tert-OH is 1. The minimum absolute atomic E-state index is 0.0176. The van der Waals surface area contributed by atoms with Gasteiger partial charge in [-0.3, -0.25) is 0 Å². The normalized spacial score (nSPS) is 26.6. The van der Waals surface area contributed by atoms with Crippen LogP contribution in [0.5, 0.6) is 0 Å². The van der Waals surface area contributed by atoms with Crippen molar-refractivity contribution in [1.82, 2.24) is 0 Å². The van der Waals surface area contributed by atoms with Gasteiger partial charge in [0.15, 0.2) is 0 Å². The first kappa shape index (κ1) is 12.6. The van der Waals surface area contributed by atoms with E-state index < -0.39 is 6.10 Å². The third-order valence-corrected chi connectivity index (χ3v) is 3.65. The molecule has 0 amide bonds. The molecular formula is C14H21NO2. The fourth-order valence-corrected chi connectivity index (χ4v) is 2.73. The molecule has 94 valence electrons. The van der Waals surface area contributed by atoms with Crippen LogP contribution in [0.4, 0.5) is 0 Å². The molecule has 0 saturated carbocycles. The Morgan fingerprint density at radius 1 is 1.47 bits per heavy atom. The average Bonchev–Trinajstić information content (AvgIpc) is 2.26. The summed E-state index contributed by atoms with van der Waals surface area (Å²) >= 11 is 0. The molecule has 17 heavy (non-hydrogen) atoms. The SMILES string of the molecule is COCc1ccc2c(c1)[C@H](N)[C@@H](O)CC2(C)C. The third-order valence-electron chi connectivity index (χ3n) is 3.65. The second-order valence-electron chi connectivity index (χ2n) is 5.54. The fraction of sp³-hybridized carbons (Fsp3) is 0.571. The van der Waals surface area contributed by atoms with E-state index in [4.69, 9.17) is 10.5 Å². The molecule has 0 radical (unpaired) electrons. The summed E-state index contributed by atoms with van der Waals surface area (Å²) in [5.41, 5.74) is 9.48. The highest BCUT2D eigenvalue weighted by Crippen LogP contribution is 2.41. The van der Waals surface area contributed by atoms with Crippen LogP contribution in [-0.2, 0) is 16.8 Å². The van der Waals surface area contributed by atoms with Gasteiger partial charge in [0.05, 0.1) is 18.8 Å². The zero-order valence-corrected chi connectivity index (χ0v) is 10.7. The molecule has 2 atom stereocenters. The second-order valence-corrected chi connectivity index (χ2v) is 5.54. The Hall–Kier alpha value is -0.900. The van der Waals surface area contributed by atoms with Crippen LogP contribution in [0.1, 0.15) is 43.0 Å². The number of methoxy groups -OCH3 is 1. The van der Waals surface area contributed by atoms with Crippen molar-refractivity contribution in [2.24, 2.45) is 5.73 Å². The maximum atomic E-state index is 10.0. The molecule has 0 aromatic heterocycles. The Morgan fingerprint density at radius 2 is 2.18 bits per heavy atom. The van der Waals surface area contributed by atoms with Crippen LogP contribution in [0, 0.1) is 0 Å². The first-order chi connectivity index (χ1) is 7.95. The van der Waals surface area contributed by atoms with E-state index in [-0.39, 0.29) is 11.5 Å². The van der Waals surface area contributed by atoms with Gasteiger partial charge in [-0.1, -0.05) is 32.0 Å². The lowest BCUT2D eigenvalue weighted by Gasteiger charge is -2.39. The third kappa shape index (κ3) is 2.23. The first-order valence-corrected chi connectivity index (χ1v) is 6.01. The second kappa shape index (κ2) is 4.41. The fourth-order valence-electron chi connectivity index (χ4n) is 2.73. The van der Waals surface area contributed by atoms with Crippen molar-refractivity contribution in [2.45, 2.75) is 44.4 Å². The van der Waals surface area contributed by atoms with E-state index in [2.05, 4.69) is 32.0 Å². The molecular weight excluding hydrogens is 214 g/mol. The highest BCUT2D eigenvalue weighted by atomic mass is 16.5. The zero-order chi connectivity index (χ0) is 12.6. The molecule has 0 unspecified atom stereocenters. The summed E-state index contributed by atoms with van der Waals surface area (Å²) in [4.78, 5) is 0. The number of rotatable bonds is 2. The van der Waals surface area contributed by atoms with Crippen LogP contribution < -0.4 is 5.73 Å². The lowest BCUT2D eigenvalue weighted by molar-refractivity contribution is 0.0992. The van der Waals surface area contributed by atoms with Crippen molar-refractivity contribution in [3.05, 3.63) is 34.9 Å². The molecule has 1 aliphatic rings. The van der Waals surface area contributed by atoms with Crippen molar-refractivity contribution >= 4 is 0 Å². The number of hydrogen-bond donors (Lipinski definition) is 2. The summed E-state index contributed by atoms with van der Waals surface area (Å²) in [6.07, 6.45) is 0.250. The van der Waals surface area contributed by atoms with E-state index in [0.29, 0.717) is 13.0 Å². The van der Waals surface area contributed by atoms with Gasteiger partial charge >= 0.3 is 0 Å². The van der Waals surface area contributed by atoms with Crippen molar-refractivity contribution < 1.29 is 9.84 Å². The van der Waals surface area contributed by atoms with Crippen LogP contribution in [0.25, 0.3) is 0 Å². The number of benzene rings is 1. The van der Waals surface area contributed by atoms with Gasteiger partial charge in [-0.2, -0.15) is 0 Å². The summed E-state index contributed by atoms with van der Waals surface area (Å²) < 4.78 is 5.13. The van der Waals surface area contributed by atoms with E-state index >= 15 is 0 Å². The predicted octanol–water partition coefficient (Wildman–Crippen LogP) is 1.88. The Morgan fingerprint density at radius 3 is 2.82 bits per heavy atom. The number of nitrogens with two attached hydrogens (primary N) is 1. The highest BCUT2D eigenvalue weighted by Gasteiger charge is 2.36. The monoisotopic (exact) mass is 235 g/mol. The molecule has 3 N–H and O–H groups in total. The van der Waals surface area contributed by atoms with Crippen LogP contribution in [0.3, 0.4) is 0 Å². The van der Waals surface area contributed by atoms with E-state index in [1.54, 1.807) is 7.11 Å². The van der Waals surface area contributed by atoms with E-state index in [1.807, 2.05) is 0 Å². The van der Waals surface area contributed by atoms with E-state index in [1.165, 1.54) is 5.56 Å². The maximum Gasteiger partial charge on any atom is 0.0741 e. The quantitative estimate of drug-likeness (QED) is 0.823. The molecule has 0 fully saturated rings. The first-order valence-electron chi connectivity index (χ1n) is 6.01. The van der Waals surface area contributed by atoms with Gasteiger partial charge in [0.25, 0.3) is 0 Å². The van der Waals surface area contributed by atoms with E-state index in [9.17, 15) is 5.11 Å². The summed E-state index contributed by atoms with van der Waals surface area (Å²) in [6.45, 7) is 4.88. The highest BCUT2D eigenvalue weighted by molar-refractivity contribution is 5.41. The lowest BCUT2D eigenvalue weighted by atomic mass is 9.69. The van der Waals surface area contributed by atoms with Crippen molar-refractivity contribution in [2.75, 3.05) is 7.11 Å². The largest absolute Gasteiger partial charge is 0.391 e. The van der Waals surface area contributed by atoms with Crippen molar-refractivity contribution in [3.8, 4) is 0 Å². The van der Waals surface area contributed by atoms with Crippen LogP contribution in [-0.4, -0.2) is 18.3 Å². The molecule has 0 aliphatic heterocycles. The topological polar surface area (TPSA) is 55.5 Å². The number of aliphatic hydroxyl groups is 1. The molecule has 1 aromatic carbocycles. The molecule has 3 heteroatoms. The molecule has 1 aromatic rings. The summed E-state index contributed by atoms with van der Waals surface area (Å²) in [5, 5.41) is 10.0. The smallest absolute Gasteiger partial charge is 0.0741 e. The minimum atomic E-state index is -0.463. The van der Waals surface area contributed by atoms with Crippen molar-refractivity contribution in [1.29, 1.82) is 0 Å².